The second-order valence-electron chi connectivity index (χ2n) is 7.46. The molecule has 2 fully saturated rings. The van der Waals surface area contributed by atoms with Gasteiger partial charge in [-0.2, -0.15) is 0 Å². The molecule has 1 saturated heterocycles. The highest BCUT2D eigenvalue weighted by atomic mass is 19.1. The summed E-state index contributed by atoms with van der Waals surface area (Å²) in [7, 11) is 0. The molecule has 0 spiro atoms. The maximum Gasteiger partial charge on any atom is 0.173 e. The Balaban J connectivity index is 2.03. The van der Waals surface area contributed by atoms with Gasteiger partial charge in [0.15, 0.2) is 11.6 Å². The first-order valence-corrected chi connectivity index (χ1v) is 9.16. The summed E-state index contributed by atoms with van der Waals surface area (Å²) in [5.74, 6) is -0.864. The number of aromatic nitrogens is 1. The molecule has 1 atom stereocenters. The zero-order chi connectivity index (χ0) is 18.6. The number of benzene rings is 1. The van der Waals surface area contributed by atoms with Crippen molar-refractivity contribution in [2.75, 3.05) is 24.5 Å². The SMILES string of the molecule is C=Cc1cn(C2CC2)c2c(F)c(N3CCC(CN)C3)c(F)c(C)c2c1=N. The van der Waals surface area contributed by atoms with Crippen LogP contribution in [0.1, 0.15) is 36.4 Å². The van der Waals surface area contributed by atoms with Gasteiger partial charge in [0.2, 0.25) is 0 Å². The van der Waals surface area contributed by atoms with Crippen molar-refractivity contribution in [3.63, 3.8) is 0 Å². The van der Waals surface area contributed by atoms with Gasteiger partial charge in [-0.05, 0) is 44.2 Å². The predicted molar refractivity (Wildman–Crippen MR) is 100 cm³/mol. The molecule has 1 aromatic carbocycles. The van der Waals surface area contributed by atoms with E-state index in [-0.39, 0.29) is 23.0 Å². The summed E-state index contributed by atoms with van der Waals surface area (Å²) < 4.78 is 32.7. The van der Waals surface area contributed by atoms with Crippen molar-refractivity contribution in [1.29, 1.82) is 5.41 Å². The van der Waals surface area contributed by atoms with Crippen LogP contribution in [0.25, 0.3) is 17.0 Å². The van der Waals surface area contributed by atoms with E-state index in [0.717, 1.165) is 19.3 Å². The normalized spacial score (nSPS) is 20.2. The summed E-state index contributed by atoms with van der Waals surface area (Å²) in [6, 6.07) is 0.208. The molecule has 1 saturated carbocycles. The molecule has 26 heavy (non-hydrogen) atoms. The minimum atomic E-state index is -0.565. The Kier molecular flexibility index (Phi) is 4.10. The van der Waals surface area contributed by atoms with Crippen LogP contribution in [0.4, 0.5) is 14.5 Å². The summed E-state index contributed by atoms with van der Waals surface area (Å²) >= 11 is 0. The van der Waals surface area contributed by atoms with Gasteiger partial charge in [0.1, 0.15) is 5.69 Å². The topological polar surface area (TPSA) is 58.0 Å². The maximum absolute atomic E-state index is 15.6. The summed E-state index contributed by atoms with van der Waals surface area (Å²) in [6.07, 6.45) is 6.15. The number of rotatable bonds is 4. The second-order valence-corrected chi connectivity index (χ2v) is 7.46. The molecule has 1 unspecified atom stereocenters. The van der Waals surface area contributed by atoms with Crippen molar-refractivity contribution in [2.45, 2.75) is 32.2 Å². The van der Waals surface area contributed by atoms with Crippen molar-refractivity contribution < 1.29 is 8.78 Å². The van der Waals surface area contributed by atoms with Crippen LogP contribution in [0.2, 0.25) is 0 Å². The average Bonchev–Trinajstić information content (AvgIpc) is 3.37. The monoisotopic (exact) mass is 358 g/mol. The van der Waals surface area contributed by atoms with Gasteiger partial charge in [0, 0.05) is 36.3 Å². The van der Waals surface area contributed by atoms with Crippen molar-refractivity contribution >= 4 is 22.7 Å². The average molecular weight is 358 g/mol. The van der Waals surface area contributed by atoms with Gasteiger partial charge in [-0.3, -0.25) is 5.41 Å². The molecular formula is C20H24F2N4. The number of hydrogen-bond donors (Lipinski definition) is 2. The van der Waals surface area contributed by atoms with E-state index in [2.05, 4.69) is 6.58 Å². The van der Waals surface area contributed by atoms with Crippen molar-refractivity contribution in [2.24, 2.45) is 11.7 Å². The molecule has 6 heteroatoms. The first kappa shape index (κ1) is 17.2. The van der Waals surface area contributed by atoms with Crippen LogP contribution >= 0.6 is 0 Å². The highest BCUT2D eigenvalue weighted by Crippen LogP contribution is 2.41. The van der Waals surface area contributed by atoms with E-state index in [1.807, 2.05) is 4.57 Å². The van der Waals surface area contributed by atoms with Gasteiger partial charge >= 0.3 is 0 Å². The molecule has 1 aliphatic carbocycles. The Morgan fingerprint density at radius 1 is 1.31 bits per heavy atom. The first-order valence-electron chi connectivity index (χ1n) is 9.16. The number of hydrogen-bond acceptors (Lipinski definition) is 3. The number of pyridine rings is 1. The zero-order valence-electron chi connectivity index (χ0n) is 15.0. The van der Waals surface area contributed by atoms with Crippen molar-refractivity contribution in [3.05, 3.63) is 40.9 Å². The van der Waals surface area contributed by atoms with Crippen LogP contribution in [0.5, 0.6) is 0 Å². The fourth-order valence-corrected chi connectivity index (χ4v) is 4.06. The van der Waals surface area contributed by atoms with E-state index in [1.54, 1.807) is 24.1 Å². The van der Waals surface area contributed by atoms with Crippen molar-refractivity contribution in [1.82, 2.24) is 4.57 Å². The summed E-state index contributed by atoms with van der Waals surface area (Å²) in [4.78, 5) is 1.77. The minimum absolute atomic E-state index is 0.0334. The van der Waals surface area contributed by atoms with Gasteiger partial charge in [-0.25, -0.2) is 8.78 Å². The molecule has 138 valence electrons. The lowest BCUT2D eigenvalue weighted by molar-refractivity contribution is 0.567. The lowest BCUT2D eigenvalue weighted by Crippen LogP contribution is -2.26. The van der Waals surface area contributed by atoms with E-state index in [9.17, 15) is 0 Å². The first-order chi connectivity index (χ1) is 12.5. The van der Waals surface area contributed by atoms with Gasteiger partial charge in [-0.1, -0.05) is 12.7 Å². The highest BCUT2D eigenvalue weighted by Gasteiger charge is 2.32. The third-order valence-electron chi connectivity index (χ3n) is 5.74. The Labute approximate surface area is 151 Å². The third kappa shape index (κ3) is 2.47. The fourth-order valence-electron chi connectivity index (χ4n) is 4.06. The summed E-state index contributed by atoms with van der Waals surface area (Å²) in [6.45, 7) is 7.08. The van der Waals surface area contributed by atoms with E-state index in [1.165, 1.54) is 0 Å². The second kappa shape index (κ2) is 6.20. The maximum atomic E-state index is 15.6. The molecule has 4 nitrogen and oxygen atoms in total. The number of nitrogens with zero attached hydrogens (tertiary/aromatic N) is 2. The van der Waals surface area contributed by atoms with Crippen LogP contribution in [0.3, 0.4) is 0 Å². The van der Waals surface area contributed by atoms with Gasteiger partial charge < -0.3 is 15.2 Å². The molecular weight excluding hydrogens is 334 g/mol. The molecule has 2 aliphatic rings. The van der Waals surface area contributed by atoms with Gasteiger partial charge in [0.05, 0.1) is 10.9 Å². The van der Waals surface area contributed by atoms with E-state index in [4.69, 9.17) is 11.1 Å². The molecule has 1 aliphatic heterocycles. The van der Waals surface area contributed by atoms with E-state index < -0.39 is 11.6 Å². The Morgan fingerprint density at radius 3 is 2.62 bits per heavy atom. The minimum Gasteiger partial charge on any atom is -0.366 e. The van der Waals surface area contributed by atoms with Crippen LogP contribution < -0.4 is 16.0 Å². The number of nitrogens with two attached hydrogens (primary N) is 1. The molecule has 0 radical (unpaired) electrons. The Hall–Kier alpha value is -2.21. The summed E-state index contributed by atoms with van der Waals surface area (Å²) in [5.41, 5.74) is 7.05. The molecule has 2 aromatic rings. The Morgan fingerprint density at radius 2 is 2.04 bits per heavy atom. The fraction of sp³-hybridized carbons (Fsp3) is 0.450. The molecule has 0 amide bonds. The zero-order valence-corrected chi connectivity index (χ0v) is 15.0. The number of aryl methyl sites for hydroxylation is 1. The number of nitrogens with one attached hydrogen (secondary N) is 1. The Bertz CT molecular complexity index is 959. The molecule has 1 aromatic heterocycles. The molecule has 3 N–H and O–H groups in total. The van der Waals surface area contributed by atoms with Gasteiger partial charge in [-0.15, -0.1) is 0 Å². The lowest BCUT2D eigenvalue weighted by Gasteiger charge is -2.24. The smallest absolute Gasteiger partial charge is 0.173 e. The number of anilines is 1. The van der Waals surface area contributed by atoms with Crippen LogP contribution in [-0.2, 0) is 0 Å². The standard InChI is InChI=1S/C20H24F2N4/c1-3-13-10-26(14-4-5-14)19-15(18(13)24)11(2)16(21)20(17(19)22)25-7-6-12(8-23)9-25/h3,10,12,14,24H,1,4-9,23H2,2H3. The molecule has 0 bridgehead atoms. The predicted octanol–water partition coefficient (Wildman–Crippen LogP) is 3.47. The number of fused-ring (bicyclic) bond motifs is 1. The van der Waals surface area contributed by atoms with Crippen LogP contribution in [0, 0.1) is 29.9 Å². The largest absolute Gasteiger partial charge is 0.366 e. The van der Waals surface area contributed by atoms with Gasteiger partial charge in [0.25, 0.3) is 0 Å². The molecule has 2 heterocycles. The van der Waals surface area contributed by atoms with Crippen molar-refractivity contribution in [3.8, 4) is 0 Å². The van der Waals surface area contributed by atoms with E-state index >= 15 is 8.78 Å². The van der Waals surface area contributed by atoms with Crippen LogP contribution in [-0.4, -0.2) is 24.2 Å². The molecule has 4 rings (SSSR count). The number of halogens is 2. The summed E-state index contributed by atoms with van der Waals surface area (Å²) in [5, 5.41) is 8.91. The van der Waals surface area contributed by atoms with E-state index in [0.29, 0.717) is 41.7 Å². The third-order valence-corrected chi connectivity index (χ3v) is 5.74. The van der Waals surface area contributed by atoms with Crippen LogP contribution in [0.15, 0.2) is 12.8 Å². The lowest BCUT2D eigenvalue weighted by atomic mass is 10.0. The quantitative estimate of drug-likeness (QED) is 0.879. The highest BCUT2D eigenvalue weighted by molar-refractivity contribution is 5.89.